The molecule has 0 aliphatic heterocycles. The molecule has 88 valence electrons. The summed E-state index contributed by atoms with van der Waals surface area (Å²) in [7, 11) is 1.42. The summed E-state index contributed by atoms with van der Waals surface area (Å²) >= 11 is 0. The standard InChI is InChI=1S/C9H13N3O4/c1-16-3-5(10)7(13)4-2-6(9(14)15)12-8(4)11/h2,12-13H,3,10-11H2,1H3,(H,14,15)/b7-5+. The van der Waals surface area contributed by atoms with E-state index in [0.717, 1.165) is 0 Å². The predicted molar refractivity (Wildman–Crippen MR) is 57.8 cm³/mol. The second-order valence-electron chi connectivity index (χ2n) is 3.12. The fourth-order valence-corrected chi connectivity index (χ4v) is 1.18. The van der Waals surface area contributed by atoms with Crippen molar-refractivity contribution >= 4 is 17.5 Å². The van der Waals surface area contributed by atoms with E-state index < -0.39 is 5.97 Å². The SMILES string of the molecule is COC/C(N)=C(\O)c1cc(C(=O)O)[nH]c1N. The van der Waals surface area contributed by atoms with Crippen LogP contribution in [0.4, 0.5) is 5.82 Å². The molecule has 7 nitrogen and oxygen atoms in total. The van der Waals surface area contributed by atoms with Crippen LogP contribution in [0.2, 0.25) is 0 Å². The van der Waals surface area contributed by atoms with Crippen LogP contribution in [0.15, 0.2) is 11.8 Å². The summed E-state index contributed by atoms with van der Waals surface area (Å²) in [6, 6.07) is 1.20. The molecule has 0 bridgehead atoms. The summed E-state index contributed by atoms with van der Waals surface area (Å²) in [5.41, 5.74) is 11.1. The Labute approximate surface area is 91.3 Å². The lowest BCUT2D eigenvalue weighted by atomic mass is 10.2. The van der Waals surface area contributed by atoms with Crippen molar-refractivity contribution in [2.75, 3.05) is 19.5 Å². The van der Waals surface area contributed by atoms with E-state index in [1.165, 1.54) is 13.2 Å². The third-order valence-corrected chi connectivity index (χ3v) is 1.94. The highest BCUT2D eigenvalue weighted by molar-refractivity contribution is 5.89. The number of aliphatic hydroxyl groups excluding tert-OH is 1. The molecule has 0 aromatic carbocycles. The van der Waals surface area contributed by atoms with Crippen LogP contribution in [0.1, 0.15) is 16.1 Å². The maximum Gasteiger partial charge on any atom is 0.352 e. The van der Waals surface area contributed by atoms with E-state index in [4.69, 9.17) is 21.3 Å². The van der Waals surface area contributed by atoms with Crippen LogP contribution in [0.25, 0.3) is 5.76 Å². The third kappa shape index (κ3) is 2.26. The van der Waals surface area contributed by atoms with Gasteiger partial charge in [-0.2, -0.15) is 0 Å². The number of ether oxygens (including phenoxy) is 1. The maximum atomic E-state index is 10.6. The van der Waals surface area contributed by atoms with Crippen LogP contribution in [0, 0.1) is 0 Å². The molecule has 0 atom stereocenters. The van der Waals surface area contributed by atoms with Crippen LogP contribution in [0.5, 0.6) is 0 Å². The van der Waals surface area contributed by atoms with Crippen LogP contribution >= 0.6 is 0 Å². The van der Waals surface area contributed by atoms with Crippen LogP contribution in [0.3, 0.4) is 0 Å². The zero-order valence-corrected chi connectivity index (χ0v) is 8.65. The summed E-state index contributed by atoms with van der Waals surface area (Å²) in [6.07, 6.45) is 0. The first-order chi connectivity index (χ1) is 7.47. The molecule has 0 radical (unpaired) electrons. The molecule has 7 heteroatoms. The molecule has 0 amide bonds. The summed E-state index contributed by atoms with van der Waals surface area (Å²) < 4.78 is 4.73. The lowest BCUT2D eigenvalue weighted by Crippen LogP contribution is -2.08. The van der Waals surface area contributed by atoms with Gasteiger partial charge in [0.2, 0.25) is 0 Å². The number of aromatic carboxylic acids is 1. The van der Waals surface area contributed by atoms with Crippen molar-refractivity contribution in [3.63, 3.8) is 0 Å². The Balaban J connectivity index is 3.13. The first-order valence-electron chi connectivity index (χ1n) is 4.36. The second-order valence-corrected chi connectivity index (χ2v) is 3.12. The Morgan fingerprint density at radius 2 is 2.19 bits per heavy atom. The molecule has 0 aliphatic rings. The van der Waals surface area contributed by atoms with E-state index in [0.29, 0.717) is 0 Å². The first-order valence-corrected chi connectivity index (χ1v) is 4.36. The quantitative estimate of drug-likeness (QED) is 0.464. The van der Waals surface area contributed by atoms with Crippen molar-refractivity contribution < 1.29 is 19.7 Å². The van der Waals surface area contributed by atoms with Gasteiger partial charge in [-0.15, -0.1) is 0 Å². The molecule has 1 aromatic heterocycles. The van der Waals surface area contributed by atoms with Gasteiger partial charge in [0, 0.05) is 7.11 Å². The summed E-state index contributed by atoms with van der Waals surface area (Å²) in [6.45, 7) is 0.0266. The van der Waals surface area contributed by atoms with E-state index >= 15 is 0 Å². The van der Waals surface area contributed by atoms with E-state index in [9.17, 15) is 9.90 Å². The van der Waals surface area contributed by atoms with Gasteiger partial charge < -0.3 is 31.4 Å². The lowest BCUT2D eigenvalue weighted by molar-refractivity contribution is 0.0691. The minimum atomic E-state index is -1.17. The monoisotopic (exact) mass is 227 g/mol. The van der Waals surface area contributed by atoms with Crippen LogP contribution < -0.4 is 11.5 Å². The Morgan fingerprint density at radius 1 is 1.56 bits per heavy atom. The minimum absolute atomic E-state index is 0.0266. The number of nitrogens with two attached hydrogens (primary N) is 2. The van der Waals surface area contributed by atoms with Gasteiger partial charge in [-0.05, 0) is 6.07 Å². The number of hydrogen-bond donors (Lipinski definition) is 5. The average molecular weight is 227 g/mol. The van der Waals surface area contributed by atoms with Crippen molar-refractivity contribution in [2.45, 2.75) is 0 Å². The third-order valence-electron chi connectivity index (χ3n) is 1.94. The summed E-state index contributed by atoms with van der Waals surface area (Å²) in [5.74, 6) is -1.42. The minimum Gasteiger partial charge on any atom is -0.505 e. The van der Waals surface area contributed by atoms with E-state index in [-0.39, 0.29) is 35.1 Å². The van der Waals surface area contributed by atoms with Crippen LogP contribution in [-0.4, -0.2) is 34.9 Å². The van der Waals surface area contributed by atoms with Crippen molar-refractivity contribution in [1.82, 2.24) is 4.98 Å². The number of H-pyrrole nitrogens is 1. The van der Waals surface area contributed by atoms with E-state index in [2.05, 4.69) is 4.98 Å². The Hall–Kier alpha value is -2.15. The number of carbonyl (C=O) groups is 1. The van der Waals surface area contributed by atoms with Gasteiger partial charge in [0.25, 0.3) is 0 Å². The molecule has 0 unspecified atom stereocenters. The number of aromatic amines is 1. The average Bonchev–Trinajstić information content (AvgIpc) is 2.60. The Kier molecular flexibility index (Phi) is 3.41. The van der Waals surface area contributed by atoms with Crippen LogP contribution in [-0.2, 0) is 4.74 Å². The lowest BCUT2D eigenvalue weighted by Gasteiger charge is -2.04. The molecule has 0 aliphatic carbocycles. The Bertz CT molecular complexity index is 436. The fourth-order valence-electron chi connectivity index (χ4n) is 1.18. The van der Waals surface area contributed by atoms with Crippen molar-refractivity contribution in [3.8, 4) is 0 Å². The molecule has 1 heterocycles. The van der Waals surface area contributed by atoms with Gasteiger partial charge >= 0.3 is 5.97 Å². The zero-order chi connectivity index (χ0) is 12.3. The first kappa shape index (κ1) is 11.9. The highest BCUT2D eigenvalue weighted by atomic mass is 16.5. The molecule has 0 saturated heterocycles. The molecule has 1 aromatic rings. The Morgan fingerprint density at radius 3 is 2.62 bits per heavy atom. The largest absolute Gasteiger partial charge is 0.505 e. The highest BCUT2D eigenvalue weighted by Gasteiger charge is 2.15. The van der Waals surface area contributed by atoms with Gasteiger partial charge in [0.15, 0.2) is 0 Å². The molecule has 0 saturated carbocycles. The number of nitrogens with one attached hydrogen (secondary N) is 1. The van der Waals surface area contributed by atoms with Gasteiger partial charge in [-0.3, -0.25) is 0 Å². The van der Waals surface area contributed by atoms with E-state index in [1.807, 2.05) is 0 Å². The number of methoxy groups -OCH3 is 1. The number of aromatic nitrogens is 1. The smallest absolute Gasteiger partial charge is 0.352 e. The molecule has 0 spiro atoms. The number of carboxylic acid groups (broad SMARTS) is 1. The number of carboxylic acids is 1. The van der Waals surface area contributed by atoms with Gasteiger partial charge in [0.05, 0.1) is 17.9 Å². The number of aliphatic hydroxyl groups is 1. The summed E-state index contributed by atoms with van der Waals surface area (Å²) in [4.78, 5) is 13.1. The van der Waals surface area contributed by atoms with Gasteiger partial charge in [0.1, 0.15) is 17.3 Å². The maximum absolute atomic E-state index is 10.6. The van der Waals surface area contributed by atoms with E-state index in [1.54, 1.807) is 0 Å². The highest BCUT2D eigenvalue weighted by Crippen LogP contribution is 2.22. The molecular weight excluding hydrogens is 214 g/mol. The fraction of sp³-hybridized carbons (Fsp3) is 0.222. The number of hydrogen-bond acceptors (Lipinski definition) is 5. The second kappa shape index (κ2) is 4.58. The van der Waals surface area contributed by atoms with Gasteiger partial charge in [-0.25, -0.2) is 4.79 Å². The number of anilines is 1. The number of nitrogen functional groups attached to an aromatic ring is 1. The predicted octanol–water partition coefficient (Wildman–Crippen LogP) is 0.127. The molecule has 1 rings (SSSR count). The molecule has 0 fully saturated rings. The number of rotatable bonds is 4. The van der Waals surface area contributed by atoms with Crippen molar-refractivity contribution in [1.29, 1.82) is 0 Å². The van der Waals surface area contributed by atoms with Gasteiger partial charge in [-0.1, -0.05) is 0 Å². The molecular formula is C9H13N3O4. The summed E-state index contributed by atoms with van der Waals surface area (Å²) in [5, 5.41) is 18.4. The molecule has 16 heavy (non-hydrogen) atoms. The normalized spacial score (nSPS) is 12.3. The topological polar surface area (TPSA) is 135 Å². The molecule has 7 N–H and O–H groups in total. The zero-order valence-electron chi connectivity index (χ0n) is 8.65. The van der Waals surface area contributed by atoms with Crippen molar-refractivity contribution in [3.05, 3.63) is 23.0 Å². The van der Waals surface area contributed by atoms with Crippen molar-refractivity contribution in [2.24, 2.45) is 5.73 Å².